The lowest BCUT2D eigenvalue weighted by Crippen LogP contribution is -2.45. The predicted molar refractivity (Wildman–Crippen MR) is 74.3 cm³/mol. The minimum Gasteiger partial charge on any atom is -0.301 e. The second kappa shape index (κ2) is 5.59. The number of nitrogens with zero attached hydrogens (tertiary/aromatic N) is 2. The Hall–Kier alpha value is -0.590. The van der Waals surface area contributed by atoms with Gasteiger partial charge in [0, 0.05) is 18.1 Å². The van der Waals surface area contributed by atoms with Crippen LogP contribution in [-0.2, 0) is 0 Å². The number of hydrogen-bond acceptors (Lipinski definition) is 3. The summed E-state index contributed by atoms with van der Waals surface area (Å²) >= 11 is 0. The van der Waals surface area contributed by atoms with Crippen molar-refractivity contribution in [3.05, 3.63) is 0 Å². The zero-order valence-corrected chi connectivity index (χ0v) is 12.1. The van der Waals surface area contributed by atoms with Crippen LogP contribution in [-0.4, -0.2) is 35.6 Å². The molecule has 2 fully saturated rings. The summed E-state index contributed by atoms with van der Waals surface area (Å²) < 4.78 is 0. The largest absolute Gasteiger partial charge is 0.301 e. The Labute approximate surface area is 112 Å². The average Bonchev–Trinajstić information content (AvgIpc) is 3.06. The quantitative estimate of drug-likeness (QED) is 0.786. The highest BCUT2D eigenvalue weighted by molar-refractivity contribution is 5.15. The van der Waals surface area contributed by atoms with E-state index in [-0.39, 0.29) is 5.54 Å². The molecule has 0 aromatic rings. The highest BCUT2D eigenvalue weighted by Gasteiger charge is 2.44. The second-order valence-electron chi connectivity index (χ2n) is 6.31. The molecule has 18 heavy (non-hydrogen) atoms. The summed E-state index contributed by atoms with van der Waals surface area (Å²) in [6.45, 7) is 4.55. The van der Waals surface area contributed by atoms with E-state index in [1.807, 2.05) is 0 Å². The molecule has 3 heteroatoms. The zero-order chi connectivity index (χ0) is 13.2. The molecule has 3 atom stereocenters. The van der Waals surface area contributed by atoms with Crippen molar-refractivity contribution in [3.63, 3.8) is 0 Å². The van der Waals surface area contributed by atoms with Crippen molar-refractivity contribution in [1.29, 1.82) is 5.26 Å². The fourth-order valence-electron chi connectivity index (χ4n) is 3.23. The molecule has 0 radical (unpaired) electrons. The van der Waals surface area contributed by atoms with E-state index < -0.39 is 0 Å². The van der Waals surface area contributed by atoms with Crippen molar-refractivity contribution >= 4 is 0 Å². The van der Waals surface area contributed by atoms with Crippen LogP contribution in [0.1, 0.15) is 58.8 Å². The maximum Gasteiger partial charge on any atom is 0.108 e. The average molecular weight is 249 g/mol. The first kappa shape index (κ1) is 13.8. The van der Waals surface area contributed by atoms with Gasteiger partial charge in [-0.05, 0) is 52.5 Å². The van der Waals surface area contributed by atoms with Gasteiger partial charge in [0.25, 0.3) is 0 Å². The molecule has 0 saturated heterocycles. The van der Waals surface area contributed by atoms with Crippen LogP contribution in [0, 0.1) is 11.3 Å². The monoisotopic (exact) mass is 249 g/mol. The Kier molecular flexibility index (Phi) is 4.29. The Morgan fingerprint density at radius 1 is 1.44 bits per heavy atom. The second-order valence-corrected chi connectivity index (χ2v) is 6.31. The SMILES string of the molecule is CCCC(C)N(C)C1CCC(C#N)(NC2CC2)C1. The van der Waals surface area contributed by atoms with Gasteiger partial charge >= 0.3 is 0 Å². The van der Waals surface area contributed by atoms with Crippen LogP contribution in [0.15, 0.2) is 0 Å². The van der Waals surface area contributed by atoms with Gasteiger partial charge in [0.1, 0.15) is 5.54 Å². The molecular formula is C15H27N3. The van der Waals surface area contributed by atoms with Crippen LogP contribution < -0.4 is 5.32 Å². The summed E-state index contributed by atoms with van der Waals surface area (Å²) in [4.78, 5) is 2.50. The van der Waals surface area contributed by atoms with Crippen LogP contribution in [0.2, 0.25) is 0 Å². The first-order chi connectivity index (χ1) is 8.60. The van der Waals surface area contributed by atoms with Crippen LogP contribution in [0.4, 0.5) is 0 Å². The molecule has 0 amide bonds. The van der Waals surface area contributed by atoms with Crippen molar-refractivity contribution in [3.8, 4) is 6.07 Å². The Morgan fingerprint density at radius 3 is 2.72 bits per heavy atom. The topological polar surface area (TPSA) is 39.1 Å². The fraction of sp³-hybridized carbons (Fsp3) is 0.933. The molecule has 2 aliphatic rings. The Balaban J connectivity index is 1.91. The van der Waals surface area contributed by atoms with Gasteiger partial charge in [0.05, 0.1) is 6.07 Å². The number of hydrogen-bond donors (Lipinski definition) is 1. The highest BCUT2D eigenvalue weighted by Crippen LogP contribution is 2.36. The molecule has 0 heterocycles. The molecule has 0 bridgehead atoms. The third-order valence-corrected chi connectivity index (χ3v) is 4.74. The first-order valence-electron chi connectivity index (χ1n) is 7.51. The Bertz CT molecular complexity index is 318. The van der Waals surface area contributed by atoms with Crippen LogP contribution in [0.25, 0.3) is 0 Å². The van der Waals surface area contributed by atoms with E-state index in [1.54, 1.807) is 0 Å². The van der Waals surface area contributed by atoms with Crippen LogP contribution >= 0.6 is 0 Å². The molecule has 0 aromatic carbocycles. The highest BCUT2D eigenvalue weighted by atomic mass is 15.2. The number of rotatable bonds is 6. The smallest absolute Gasteiger partial charge is 0.108 e. The molecule has 3 nitrogen and oxygen atoms in total. The standard InChI is InChI=1S/C15H27N3/c1-4-5-12(2)18(3)14-8-9-15(10-14,11-16)17-13-6-7-13/h12-14,17H,4-10H2,1-3H3. The lowest BCUT2D eigenvalue weighted by molar-refractivity contribution is 0.172. The maximum absolute atomic E-state index is 9.50. The van der Waals surface area contributed by atoms with Crippen molar-refractivity contribution < 1.29 is 0 Å². The van der Waals surface area contributed by atoms with E-state index in [0.717, 1.165) is 19.3 Å². The molecule has 2 rings (SSSR count). The molecule has 0 aromatic heterocycles. The lowest BCUT2D eigenvalue weighted by Gasteiger charge is -2.31. The van der Waals surface area contributed by atoms with Crippen LogP contribution in [0.5, 0.6) is 0 Å². The van der Waals surface area contributed by atoms with Crippen molar-refractivity contribution in [2.45, 2.75) is 82.5 Å². The van der Waals surface area contributed by atoms with Crippen molar-refractivity contribution in [2.75, 3.05) is 7.05 Å². The summed E-state index contributed by atoms with van der Waals surface area (Å²) in [6.07, 6.45) is 8.20. The number of nitrogens with one attached hydrogen (secondary N) is 1. The van der Waals surface area contributed by atoms with E-state index in [0.29, 0.717) is 18.1 Å². The van der Waals surface area contributed by atoms with Gasteiger partial charge in [-0.2, -0.15) is 5.26 Å². The van der Waals surface area contributed by atoms with E-state index in [1.165, 1.54) is 25.7 Å². The summed E-state index contributed by atoms with van der Waals surface area (Å²) in [5.74, 6) is 0. The summed E-state index contributed by atoms with van der Waals surface area (Å²) in [7, 11) is 2.23. The normalized spacial score (nSPS) is 33.6. The van der Waals surface area contributed by atoms with Gasteiger partial charge in [-0.15, -0.1) is 0 Å². The zero-order valence-electron chi connectivity index (χ0n) is 12.1. The molecule has 2 saturated carbocycles. The van der Waals surface area contributed by atoms with Crippen LogP contribution in [0.3, 0.4) is 0 Å². The summed E-state index contributed by atoms with van der Waals surface area (Å²) in [5.41, 5.74) is -0.230. The van der Waals surface area contributed by atoms with Gasteiger partial charge in [-0.25, -0.2) is 0 Å². The third-order valence-electron chi connectivity index (χ3n) is 4.74. The van der Waals surface area contributed by atoms with Crippen molar-refractivity contribution in [1.82, 2.24) is 10.2 Å². The molecule has 3 unspecified atom stereocenters. The summed E-state index contributed by atoms with van der Waals surface area (Å²) in [6, 6.07) is 4.41. The third kappa shape index (κ3) is 3.05. The lowest BCUT2D eigenvalue weighted by atomic mass is 9.98. The summed E-state index contributed by atoms with van der Waals surface area (Å²) in [5, 5.41) is 13.1. The van der Waals surface area contributed by atoms with Gasteiger partial charge in [-0.3, -0.25) is 5.32 Å². The van der Waals surface area contributed by atoms with Gasteiger partial charge < -0.3 is 4.90 Å². The number of nitriles is 1. The molecular weight excluding hydrogens is 222 g/mol. The predicted octanol–water partition coefficient (Wildman–Crippen LogP) is 2.67. The van der Waals surface area contributed by atoms with Gasteiger partial charge in [0.2, 0.25) is 0 Å². The molecule has 0 aliphatic heterocycles. The van der Waals surface area contributed by atoms with E-state index >= 15 is 0 Å². The molecule has 102 valence electrons. The van der Waals surface area contributed by atoms with Crippen molar-refractivity contribution in [2.24, 2.45) is 0 Å². The van der Waals surface area contributed by atoms with Gasteiger partial charge in [-0.1, -0.05) is 13.3 Å². The van der Waals surface area contributed by atoms with E-state index in [4.69, 9.17) is 0 Å². The molecule has 2 aliphatic carbocycles. The fourth-order valence-corrected chi connectivity index (χ4v) is 3.23. The maximum atomic E-state index is 9.50. The minimum absolute atomic E-state index is 0.230. The van der Waals surface area contributed by atoms with Gasteiger partial charge in [0.15, 0.2) is 0 Å². The minimum atomic E-state index is -0.230. The van der Waals surface area contributed by atoms with E-state index in [9.17, 15) is 5.26 Å². The Morgan fingerprint density at radius 2 is 2.17 bits per heavy atom. The first-order valence-corrected chi connectivity index (χ1v) is 7.51. The van der Waals surface area contributed by atoms with E-state index in [2.05, 4.69) is 37.2 Å². The molecule has 1 N–H and O–H groups in total. The molecule has 0 spiro atoms.